The van der Waals surface area contributed by atoms with Gasteiger partial charge in [0.05, 0.1) is 4.90 Å². The lowest BCUT2D eigenvalue weighted by Gasteiger charge is -2.08. The number of nitrogens with zero attached hydrogens (tertiary/aromatic N) is 2. The fourth-order valence-corrected chi connectivity index (χ4v) is 3.86. The van der Waals surface area contributed by atoms with Crippen molar-refractivity contribution in [1.29, 1.82) is 0 Å². The number of aromatic nitrogens is 2. The molecule has 0 saturated carbocycles. The highest BCUT2D eigenvalue weighted by Crippen LogP contribution is 2.28. The first-order valence-corrected chi connectivity index (χ1v) is 8.59. The second-order valence-corrected chi connectivity index (χ2v) is 7.53. The highest BCUT2D eigenvalue weighted by Gasteiger charge is 2.20. The van der Waals surface area contributed by atoms with Gasteiger partial charge in [0.25, 0.3) is 10.0 Å². The van der Waals surface area contributed by atoms with Gasteiger partial charge in [-0.25, -0.2) is 17.4 Å². The van der Waals surface area contributed by atoms with E-state index in [1.54, 1.807) is 36.5 Å². The van der Waals surface area contributed by atoms with Crippen molar-refractivity contribution in [2.75, 3.05) is 0 Å². The van der Waals surface area contributed by atoms with Gasteiger partial charge in [-0.05, 0) is 53.5 Å². The van der Waals surface area contributed by atoms with Gasteiger partial charge in [0.2, 0.25) is 0 Å². The number of pyridine rings is 1. The molecular formula is C15H13BrN2O2S. The minimum Gasteiger partial charge on any atom is -0.237 e. The molecule has 2 aromatic heterocycles. The maximum absolute atomic E-state index is 12.7. The van der Waals surface area contributed by atoms with Crippen molar-refractivity contribution in [3.63, 3.8) is 0 Å². The van der Waals surface area contributed by atoms with Crippen molar-refractivity contribution in [2.45, 2.75) is 18.7 Å². The molecule has 1 aromatic carbocycles. The zero-order valence-electron chi connectivity index (χ0n) is 11.5. The Hall–Kier alpha value is -1.66. The summed E-state index contributed by atoms with van der Waals surface area (Å²) in [4.78, 5) is 4.52. The molecule has 108 valence electrons. The van der Waals surface area contributed by atoms with Crippen LogP contribution in [-0.4, -0.2) is 17.4 Å². The molecule has 21 heavy (non-hydrogen) atoms. The van der Waals surface area contributed by atoms with Crippen LogP contribution in [0, 0.1) is 13.8 Å². The Morgan fingerprint density at radius 1 is 1.10 bits per heavy atom. The van der Waals surface area contributed by atoms with E-state index in [2.05, 4.69) is 20.9 Å². The van der Waals surface area contributed by atoms with Crippen molar-refractivity contribution in [3.05, 3.63) is 58.3 Å². The fraction of sp³-hybridized carbons (Fsp3) is 0.133. The highest BCUT2D eigenvalue weighted by molar-refractivity contribution is 9.10. The minimum atomic E-state index is -3.64. The van der Waals surface area contributed by atoms with Crippen LogP contribution in [0.1, 0.15) is 11.1 Å². The number of fused-ring (bicyclic) bond motifs is 1. The molecule has 3 rings (SSSR count). The van der Waals surface area contributed by atoms with Gasteiger partial charge in [-0.1, -0.05) is 17.7 Å². The molecule has 0 bridgehead atoms. The summed E-state index contributed by atoms with van der Waals surface area (Å²) in [6, 6.07) is 8.54. The fourth-order valence-electron chi connectivity index (χ4n) is 2.15. The number of benzene rings is 1. The van der Waals surface area contributed by atoms with E-state index in [4.69, 9.17) is 0 Å². The largest absolute Gasteiger partial charge is 0.269 e. The zero-order valence-corrected chi connectivity index (χ0v) is 13.9. The standard InChI is InChI=1S/C15H13BrN2O2S/c1-10-3-5-12(6-4-10)21(19,20)18-8-7-13-14(16)11(2)9-17-15(13)18/h3-9H,1-2H3. The van der Waals surface area contributed by atoms with Gasteiger partial charge in [-0.2, -0.15) is 0 Å². The molecule has 3 aromatic rings. The zero-order chi connectivity index (χ0) is 15.2. The Morgan fingerprint density at radius 2 is 1.76 bits per heavy atom. The van der Waals surface area contributed by atoms with E-state index < -0.39 is 10.0 Å². The van der Waals surface area contributed by atoms with E-state index in [0.717, 1.165) is 21.0 Å². The monoisotopic (exact) mass is 364 g/mol. The third kappa shape index (κ3) is 2.28. The Labute approximate surface area is 131 Å². The molecule has 2 heterocycles. The minimum absolute atomic E-state index is 0.254. The predicted molar refractivity (Wildman–Crippen MR) is 85.9 cm³/mol. The smallest absolute Gasteiger partial charge is 0.237 e. The molecule has 0 aliphatic rings. The molecule has 6 heteroatoms. The van der Waals surface area contributed by atoms with E-state index in [9.17, 15) is 8.42 Å². The van der Waals surface area contributed by atoms with Crippen molar-refractivity contribution < 1.29 is 8.42 Å². The van der Waals surface area contributed by atoms with E-state index >= 15 is 0 Å². The van der Waals surface area contributed by atoms with Crippen LogP contribution in [0.3, 0.4) is 0 Å². The second-order valence-electron chi connectivity index (χ2n) is 4.92. The van der Waals surface area contributed by atoms with Crippen LogP contribution >= 0.6 is 15.9 Å². The van der Waals surface area contributed by atoms with E-state index in [0.29, 0.717) is 5.65 Å². The van der Waals surface area contributed by atoms with E-state index in [1.807, 2.05) is 13.8 Å². The molecule has 0 saturated heterocycles. The number of rotatable bonds is 2. The number of halogens is 1. The van der Waals surface area contributed by atoms with Crippen LogP contribution in [-0.2, 0) is 10.0 Å². The molecule has 0 fully saturated rings. The van der Waals surface area contributed by atoms with Crippen LogP contribution in [0.5, 0.6) is 0 Å². The Kier molecular flexibility index (Phi) is 3.37. The van der Waals surface area contributed by atoms with Crippen LogP contribution in [0.2, 0.25) is 0 Å². The summed E-state index contributed by atoms with van der Waals surface area (Å²) >= 11 is 3.48. The number of aryl methyl sites for hydroxylation is 2. The van der Waals surface area contributed by atoms with Gasteiger partial charge in [-0.15, -0.1) is 0 Å². The molecular weight excluding hydrogens is 352 g/mol. The van der Waals surface area contributed by atoms with Crippen molar-refractivity contribution in [3.8, 4) is 0 Å². The van der Waals surface area contributed by atoms with Gasteiger partial charge >= 0.3 is 0 Å². The Balaban J connectivity index is 2.25. The second kappa shape index (κ2) is 4.96. The Bertz CT molecular complexity index is 928. The van der Waals surface area contributed by atoms with Crippen molar-refractivity contribution in [1.82, 2.24) is 8.96 Å². The van der Waals surface area contributed by atoms with Crippen LogP contribution < -0.4 is 0 Å². The Morgan fingerprint density at radius 3 is 2.43 bits per heavy atom. The summed E-state index contributed by atoms with van der Waals surface area (Å²) in [5, 5.41) is 0.783. The predicted octanol–water partition coefficient (Wildman–Crippen LogP) is 3.65. The van der Waals surface area contributed by atoms with Crippen LogP contribution in [0.4, 0.5) is 0 Å². The molecule has 0 atom stereocenters. The lowest BCUT2D eigenvalue weighted by Crippen LogP contribution is -2.12. The van der Waals surface area contributed by atoms with Gasteiger partial charge < -0.3 is 0 Å². The molecule has 4 nitrogen and oxygen atoms in total. The maximum atomic E-state index is 12.7. The summed E-state index contributed by atoms with van der Waals surface area (Å²) in [5.41, 5.74) is 2.41. The van der Waals surface area contributed by atoms with Crippen LogP contribution in [0.15, 0.2) is 52.1 Å². The third-order valence-electron chi connectivity index (χ3n) is 3.37. The maximum Gasteiger partial charge on any atom is 0.269 e. The van der Waals surface area contributed by atoms with E-state index in [1.165, 1.54) is 10.2 Å². The number of hydrogen-bond acceptors (Lipinski definition) is 3. The summed E-state index contributed by atoms with van der Waals surface area (Å²) < 4.78 is 27.5. The molecule has 0 amide bonds. The van der Waals surface area contributed by atoms with Gasteiger partial charge in [0.15, 0.2) is 5.65 Å². The van der Waals surface area contributed by atoms with Crippen LogP contribution in [0.25, 0.3) is 11.0 Å². The summed E-state index contributed by atoms with van der Waals surface area (Å²) in [7, 11) is -3.64. The first kappa shape index (κ1) is 14.3. The topological polar surface area (TPSA) is 52.0 Å². The lowest BCUT2D eigenvalue weighted by molar-refractivity contribution is 0.588. The molecule has 0 aliphatic carbocycles. The normalized spacial score (nSPS) is 12.0. The van der Waals surface area contributed by atoms with E-state index in [-0.39, 0.29) is 4.90 Å². The first-order valence-electron chi connectivity index (χ1n) is 6.35. The first-order chi connectivity index (χ1) is 9.91. The van der Waals surface area contributed by atoms with Gasteiger partial charge in [0, 0.05) is 22.3 Å². The van der Waals surface area contributed by atoms with Crippen molar-refractivity contribution >= 4 is 37.0 Å². The SMILES string of the molecule is Cc1ccc(S(=O)(=O)n2ccc3c(Br)c(C)cnc32)cc1. The number of hydrogen-bond donors (Lipinski definition) is 0. The molecule has 0 unspecified atom stereocenters. The van der Waals surface area contributed by atoms with Gasteiger partial charge in [-0.3, -0.25) is 0 Å². The quantitative estimate of drug-likeness (QED) is 0.697. The summed E-state index contributed by atoms with van der Waals surface area (Å²) in [6.45, 7) is 3.84. The lowest BCUT2D eigenvalue weighted by atomic mass is 10.2. The molecule has 0 spiro atoms. The van der Waals surface area contributed by atoms with Crippen molar-refractivity contribution in [2.24, 2.45) is 0 Å². The molecule has 0 N–H and O–H groups in total. The molecule has 0 radical (unpaired) electrons. The summed E-state index contributed by atoms with van der Waals surface area (Å²) in [5.74, 6) is 0. The molecule has 0 aliphatic heterocycles. The highest BCUT2D eigenvalue weighted by atomic mass is 79.9. The summed E-state index contributed by atoms with van der Waals surface area (Å²) in [6.07, 6.45) is 3.20. The third-order valence-corrected chi connectivity index (χ3v) is 6.10. The average molecular weight is 365 g/mol. The average Bonchev–Trinajstić information content (AvgIpc) is 2.89. The van der Waals surface area contributed by atoms with Gasteiger partial charge in [0.1, 0.15) is 0 Å².